The zero-order valence-electron chi connectivity index (χ0n) is 13.2. The van der Waals surface area contributed by atoms with Crippen LogP contribution in [0.3, 0.4) is 0 Å². The number of thioether (sulfide) groups is 1. The van der Waals surface area contributed by atoms with Crippen LogP contribution in [0.25, 0.3) is 0 Å². The Morgan fingerprint density at radius 1 is 1.19 bits per heavy atom. The van der Waals surface area contributed by atoms with Gasteiger partial charge in [0.2, 0.25) is 0 Å². The maximum Gasteiger partial charge on any atom is 0.335 e. The van der Waals surface area contributed by atoms with Gasteiger partial charge in [-0.25, -0.2) is 4.79 Å². The lowest BCUT2D eigenvalue weighted by atomic mass is 10.1. The summed E-state index contributed by atoms with van der Waals surface area (Å²) in [5, 5.41) is 18.1. The largest absolute Gasteiger partial charge is 0.482 e. The first-order valence-electron chi connectivity index (χ1n) is 7.36. The summed E-state index contributed by atoms with van der Waals surface area (Å²) in [4.78, 5) is 11.0. The smallest absolute Gasteiger partial charge is 0.335 e. The second-order valence-electron chi connectivity index (χ2n) is 5.12. The number of nitrogens with zero attached hydrogens (tertiary/aromatic N) is 2. The van der Waals surface area contributed by atoms with Crippen LogP contribution in [-0.4, -0.2) is 21.3 Å². The highest BCUT2D eigenvalue weighted by Gasteiger charge is 2.10. The van der Waals surface area contributed by atoms with Gasteiger partial charge in [0.05, 0.1) is 10.6 Å². The molecule has 0 radical (unpaired) electrons. The number of aromatic carboxylic acids is 1. The van der Waals surface area contributed by atoms with Gasteiger partial charge < -0.3 is 14.3 Å². The number of hydrogen-bond donors (Lipinski definition) is 1. The second-order valence-corrected chi connectivity index (χ2v) is 6.89. The van der Waals surface area contributed by atoms with Crippen molar-refractivity contribution in [1.29, 1.82) is 0 Å². The van der Waals surface area contributed by atoms with Crippen LogP contribution in [0.5, 0.6) is 5.75 Å². The predicted octanol–water partition coefficient (Wildman–Crippen LogP) is 4.95. The molecule has 0 aliphatic carbocycles. The number of ether oxygens (including phenoxy) is 1. The van der Waals surface area contributed by atoms with E-state index in [-0.39, 0.29) is 12.2 Å². The van der Waals surface area contributed by atoms with E-state index in [0.29, 0.717) is 32.7 Å². The van der Waals surface area contributed by atoms with Gasteiger partial charge in [0.15, 0.2) is 6.61 Å². The molecule has 1 heterocycles. The Labute approximate surface area is 163 Å². The number of aromatic nitrogens is 2. The number of carbonyl (C=O) groups is 1. The molecule has 2 aromatic carbocycles. The minimum absolute atomic E-state index is 0.0728. The first-order valence-corrected chi connectivity index (χ1v) is 9.10. The lowest BCUT2D eigenvalue weighted by Crippen LogP contribution is -1.96. The predicted molar refractivity (Wildman–Crippen MR) is 98.1 cm³/mol. The fourth-order valence-electron chi connectivity index (χ4n) is 2.03. The quantitative estimate of drug-likeness (QED) is 0.551. The average Bonchev–Trinajstić information content (AvgIpc) is 3.07. The average molecular weight is 411 g/mol. The molecule has 0 fully saturated rings. The van der Waals surface area contributed by atoms with Gasteiger partial charge in [-0.3, -0.25) is 0 Å². The van der Waals surface area contributed by atoms with E-state index in [4.69, 9.17) is 37.5 Å². The van der Waals surface area contributed by atoms with Crippen molar-refractivity contribution in [1.82, 2.24) is 10.2 Å². The van der Waals surface area contributed by atoms with Gasteiger partial charge in [-0.1, -0.05) is 47.1 Å². The molecule has 26 heavy (non-hydrogen) atoms. The van der Waals surface area contributed by atoms with E-state index < -0.39 is 5.97 Å². The van der Waals surface area contributed by atoms with Crippen LogP contribution in [0.4, 0.5) is 0 Å². The Morgan fingerprint density at radius 2 is 2.04 bits per heavy atom. The highest BCUT2D eigenvalue weighted by atomic mass is 35.5. The minimum atomic E-state index is -0.963. The van der Waals surface area contributed by atoms with Crippen molar-refractivity contribution >= 4 is 40.9 Å². The van der Waals surface area contributed by atoms with Gasteiger partial charge in [0.25, 0.3) is 11.1 Å². The molecule has 0 saturated heterocycles. The Balaban J connectivity index is 1.56. The van der Waals surface area contributed by atoms with E-state index >= 15 is 0 Å². The van der Waals surface area contributed by atoms with E-state index in [1.54, 1.807) is 36.4 Å². The molecule has 1 aromatic heterocycles. The van der Waals surface area contributed by atoms with E-state index in [9.17, 15) is 4.79 Å². The van der Waals surface area contributed by atoms with Gasteiger partial charge in [-0.2, -0.15) is 0 Å². The first kappa shape index (κ1) is 18.6. The lowest BCUT2D eigenvalue weighted by molar-refractivity contribution is 0.0697. The molecule has 0 amide bonds. The molecular formula is C17H12Cl2N2O4S. The third kappa shape index (κ3) is 4.91. The molecular weight excluding hydrogens is 399 g/mol. The Morgan fingerprint density at radius 3 is 2.81 bits per heavy atom. The molecule has 0 aliphatic rings. The SMILES string of the molecule is O=C(O)c1cccc(CSc2nnc(COc3ccc(Cl)cc3Cl)o2)c1. The summed E-state index contributed by atoms with van der Waals surface area (Å²) in [5.74, 6) is 0.314. The van der Waals surface area contributed by atoms with E-state index in [2.05, 4.69) is 10.2 Å². The molecule has 0 bridgehead atoms. The fourth-order valence-corrected chi connectivity index (χ4v) is 3.21. The molecule has 3 aromatic rings. The van der Waals surface area contributed by atoms with Crippen molar-refractivity contribution < 1.29 is 19.1 Å². The van der Waals surface area contributed by atoms with Crippen LogP contribution in [0, 0.1) is 0 Å². The number of hydrogen-bond acceptors (Lipinski definition) is 6. The minimum Gasteiger partial charge on any atom is -0.482 e. The summed E-state index contributed by atoms with van der Waals surface area (Å²) in [6.45, 7) is 0.0728. The van der Waals surface area contributed by atoms with Crippen LogP contribution in [0.15, 0.2) is 52.1 Å². The number of carboxylic acids is 1. The van der Waals surface area contributed by atoms with Crippen molar-refractivity contribution in [3.8, 4) is 5.75 Å². The third-order valence-electron chi connectivity index (χ3n) is 3.23. The number of benzene rings is 2. The maximum absolute atomic E-state index is 11.0. The zero-order chi connectivity index (χ0) is 18.5. The van der Waals surface area contributed by atoms with Crippen molar-refractivity contribution in [3.63, 3.8) is 0 Å². The van der Waals surface area contributed by atoms with Crippen LogP contribution in [0.1, 0.15) is 21.8 Å². The van der Waals surface area contributed by atoms with Crippen LogP contribution in [-0.2, 0) is 12.4 Å². The standard InChI is InChI=1S/C17H12Cl2N2O4S/c18-12-4-5-14(13(19)7-12)24-8-15-20-21-17(25-15)26-9-10-2-1-3-11(6-10)16(22)23/h1-7H,8-9H2,(H,22,23). The van der Waals surface area contributed by atoms with Gasteiger partial charge in [-0.05, 0) is 35.9 Å². The van der Waals surface area contributed by atoms with Crippen molar-refractivity contribution in [2.75, 3.05) is 0 Å². The number of rotatable bonds is 7. The van der Waals surface area contributed by atoms with Crippen molar-refractivity contribution in [2.45, 2.75) is 17.6 Å². The van der Waals surface area contributed by atoms with Gasteiger partial charge in [-0.15, -0.1) is 10.2 Å². The number of carboxylic acid groups (broad SMARTS) is 1. The van der Waals surface area contributed by atoms with Gasteiger partial charge in [0.1, 0.15) is 5.75 Å². The summed E-state index contributed by atoms with van der Waals surface area (Å²) in [5.41, 5.74) is 1.08. The molecule has 0 spiro atoms. The van der Waals surface area contributed by atoms with Crippen LogP contribution < -0.4 is 4.74 Å². The van der Waals surface area contributed by atoms with E-state index in [1.807, 2.05) is 6.07 Å². The molecule has 6 nitrogen and oxygen atoms in total. The molecule has 0 unspecified atom stereocenters. The summed E-state index contributed by atoms with van der Waals surface area (Å²) < 4.78 is 11.0. The first-order chi connectivity index (χ1) is 12.5. The van der Waals surface area contributed by atoms with E-state index in [0.717, 1.165) is 5.56 Å². The monoisotopic (exact) mass is 410 g/mol. The topological polar surface area (TPSA) is 85.5 Å². The van der Waals surface area contributed by atoms with Crippen LogP contribution >= 0.6 is 35.0 Å². The fraction of sp³-hybridized carbons (Fsp3) is 0.118. The molecule has 1 N–H and O–H groups in total. The normalized spacial score (nSPS) is 10.7. The van der Waals surface area contributed by atoms with Gasteiger partial charge >= 0.3 is 5.97 Å². The third-order valence-corrected chi connectivity index (χ3v) is 4.65. The summed E-state index contributed by atoms with van der Waals surface area (Å²) in [6, 6.07) is 11.6. The summed E-state index contributed by atoms with van der Waals surface area (Å²) >= 11 is 13.2. The number of halogens is 2. The highest BCUT2D eigenvalue weighted by Crippen LogP contribution is 2.28. The van der Waals surface area contributed by atoms with Crippen molar-refractivity contribution in [2.24, 2.45) is 0 Å². The van der Waals surface area contributed by atoms with Crippen LogP contribution in [0.2, 0.25) is 10.0 Å². The molecule has 134 valence electrons. The summed E-state index contributed by atoms with van der Waals surface area (Å²) in [7, 11) is 0. The summed E-state index contributed by atoms with van der Waals surface area (Å²) in [6.07, 6.45) is 0. The molecule has 0 aliphatic heterocycles. The lowest BCUT2D eigenvalue weighted by Gasteiger charge is -2.05. The van der Waals surface area contributed by atoms with Crippen molar-refractivity contribution in [3.05, 3.63) is 69.5 Å². The molecule has 9 heteroatoms. The molecule has 3 rings (SSSR count). The van der Waals surface area contributed by atoms with E-state index in [1.165, 1.54) is 11.8 Å². The Kier molecular flexibility index (Phi) is 6.03. The Bertz CT molecular complexity index is 933. The maximum atomic E-state index is 11.0. The molecule has 0 saturated carbocycles. The Hall–Kier alpha value is -2.22. The molecule has 0 atom stereocenters. The highest BCUT2D eigenvalue weighted by molar-refractivity contribution is 7.98. The zero-order valence-corrected chi connectivity index (χ0v) is 15.5. The second kappa shape index (κ2) is 8.44. The van der Waals surface area contributed by atoms with Gasteiger partial charge in [0, 0.05) is 10.8 Å².